The van der Waals surface area contributed by atoms with E-state index in [1.807, 2.05) is 28.5 Å². The average Bonchev–Trinajstić information content (AvgIpc) is 3.49. The molecule has 2 N–H and O–H groups in total. The van der Waals surface area contributed by atoms with E-state index in [0.717, 1.165) is 36.7 Å². The van der Waals surface area contributed by atoms with E-state index in [1.165, 1.54) is 11.3 Å². The third-order valence-electron chi connectivity index (χ3n) is 6.32. The predicted octanol–water partition coefficient (Wildman–Crippen LogP) is 1.22. The van der Waals surface area contributed by atoms with Crippen LogP contribution in [0.4, 0.5) is 5.13 Å². The molecule has 3 aliphatic heterocycles. The standard InChI is InChI=1S/C23H27N5O5S/c29-20-4-2-16(11-24-20)22(31)26-23-25-17(13-34-23)10-21(30)28-7-5-27(6-8-28)12-15-1-3-18-19(9-15)33-14-32-18/h1,3,9,13,16H,2,4-8,10-12,14H2,(H,24,29)(H,25,26,31). The highest BCUT2D eigenvalue weighted by molar-refractivity contribution is 7.13. The summed E-state index contributed by atoms with van der Waals surface area (Å²) in [5.74, 6) is 1.20. The number of amides is 3. The summed E-state index contributed by atoms with van der Waals surface area (Å²) in [6.07, 6.45) is 1.11. The zero-order valence-corrected chi connectivity index (χ0v) is 19.6. The molecule has 1 aromatic heterocycles. The molecule has 2 saturated heterocycles. The number of carbonyl (C=O) groups excluding carboxylic acids is 3. The van der Waals surface area contributed by atoms with Gasteiger partial charge >= 0.3 is 0 Å². The molecule has 11 heteroatoms. The van der Waals surface area contributed by atoms with E-state index in [1.54, 1.807) is 0 Å². The molecular formula is C23H27N5O5S. The predicted molar refractivity (Wildman–Crippen MR) is 125 cm³/mol. The van der Waals surface area contributed by atoms with Crippen molar-refractivity contribution < 1.29 is 23.9 Å². The van der Waals surface area contributed by atoms with Gasteiger partial charge in [0.2, 0.25) is 24.5 Å². The van der Waals surface area contributed by atoms with Crippen molar-refractivity contribution >= 4 is 34.2 Å². The first-order chi connectivity index (χ1) is 16.5. The zero-order valence-electron chi connectivity index (χ0n) is 18.7. The Balaban J connectivity index is 1.07. The minimum atomic E-state index is -0.249. The van der Waals surface area contributed by atoms with E-state index >= 15 is 0 Å². The van der Waals surface area contributed by atoms with Gasteiger partial charge in [0.25, 0.3) is 0 Å². The maximum atomic E-state index is 12.8. The first kappa shape index (κ1) is 22.6. The number of nitrogens with zero attached hydrogens (tertiary/aromatic N) is 3. The van der Waals surface area contributed by atoms with Crippen molar-refractivity contribution in [3.63, 3.8) is 0 Å². The minimum Gasteiger partial charge on any atom is -0.454 e. The van der Waals surface area contributed by atoms with Crippen molar-refractivity contribution in [1.82, 2.24) is 20.1 Å². The smallest absolute Gasteiger partial charge is 0.231 e. The number of nitrogens with one attached hydrogen (secondary N) is 2. The second kappa shape index (κ2) is 9.98. The molecule has 0 bridgehead atoms. The van der Waals surface area contributed by atoms with Gasteiger partial charge in [-0.25, -0.2) is 4.98 Å². The maximum absolute atomic E-state index is 12.8. The van der Waals surface area contributed by atoms with Gasteiger partial charge in [0, 0.05) is 51.1 Å². The molecule has 0 saturated carbocycles. The average molecular weight is 486 g/mol. The second-order valence-corrected chi connectivity index (χ2v) is 9.55. The molecule has 0 radical (unpaired) electrons. The van der Waals surface area contributed by atoms with Gasteiger partial charge in [-0.1, -0.05) is 6.07 Å². The van der Waals surface area contributed by atoms with E-state index in [0.29, 0.717) is 43.3 Å². The summed E-state index contributed by atoms with van der Waals surface area (Å²) in [6, 6.07) is 6.01. The first-order valence-corrected chi connectivity index (χ1v) is 12.3. The quantitative estimate of drug-likeness (QED) is 0.633. The molecule has 3 aliphatic rings. The number of fused-ring (bicyclic) bond motifs is 1. The number of piperidine rings is 1. The Morgan fingerprint density at radius 2 is 2.00 bits per heavy atom. The normalized spacial score (nSPS) is 20.2. The van der Waals surface area contributed by atoms with Crippen LogP contribution in [0.15, 0.2) is 23.6 Å². The molecule has 1 unspecified atom stereocenters. The highest BCUT2D eigenvalue weighted by Crippen LogP contribution is 2.32. The summed E-state index contributed by atoms with van der Waals surface area (Å²) in [5, 5.41) is 7.82. The van der Waals surface area contributed by atoms with Crippen molar-refractivity contribution in [3.05, 3.63) is 34.8 Å². The largest absolute Gasteiger partial charge is 0.454 e. The lowest BCUT2D eigenvalue weighted by Crippen LogP contribution is -2.48. The van der Waals surface area contributed by atoms with Crippen LogP contribution in [-0.4, -0.2) is 72.0 Å². The van der Waals surface area contributed by atoms with Gasteiger partial charge in [-0.15, -0.1) is 11.3 Å². The van der Waals surface area contributed by atoms with Gasteiger partial charge in [0.15, 0.2) is 16.6 Å². The minimum absolute atomic E-state index is 0.0205. The number of thiazole rings is 1. The first-order valence-electron chi connectivity index (χ1n) is 11.4. The Hall–Kier alpha value is -3.18. The van der Waals surface area contributed by atoms with Crippen LogP contribution in [0.1, 0.15) is 24.1 Å². The SMILES string of the molecule is O=C1CCC(C(=O)Nc2nc(CC(=O)N3CCN(Cc4ccc5c(c4)OCO5)CC3)cs2)CN1. The number of anilines is 1. The summed E-state index contributed by atoms with van der Waals surface area (Å²) in [7, 11) is 0. The van der Waals surface area contributed by atoms with Crippen LogP contribution in [0, 0.1) is 5.92 Å². The molecule has 34 heavy (non-hydrogen) atoms. The van der Waals surface area contributed by atoms with Crippen LogP contribution < -0.4 is 20.1 Å². The Kier molecular flexibility index (Phi) is 6.63. The molecule has 10 nitrogen and oxygen atoms in total. The van der Waals surface area contributed by atoms with Crippen LogP contribution in [0.25, 0.3) is 0 Å². The van der Waals surface area contributed by atoms with Crippen molar-refractivity contribution in [3.8, 4) is 11.5 Å². The van der Waals surface area contributed by atoms with Crippen molar-refractivity contribution in [2.75, 3.05) is 44.8 Å². The van der Waals surface area contributed by atoms with Crippen LogP contribution >= 0.6 is 11.3 Å². The van der Waals surface area contributed by atoms with Gasteiger partial charge in [0.1, 0.15) is 0 Å². The Morgan fingerprint density at radius 1 is 1.18 bits per heavy atom. The van der Waals surface area contributed by atoms with Crippen LogP contribution in [0.5, 0.6) is 11.5 Å². The van der Waals surface area contributed by atoms with E-state index in [9.17, 15) is 14.4 Å². The number of rotatable bonds is 6. The number of ether oxygens (including phenoxy) is 2. The van der Waals surface area contributed by atoms with E-state index in [-0.39, 0.29) is 36.9 Å². The highest BCUT2D eigenvalue weighted by Gasteiger charge is 2.26. The summed E-state index contributed by atoms with van der Waals surface area (Å²) >= 11 is 1.31. The van der Waals surface area contributed by atoms with Gasteiger partial charge < -0.3 is 25.0 Å². The molecule has 2 fully saturated rings. The monoisotopic (exact) mass is 485 g/mol. The van der Waals surface area contributed by atoms with Gasteiger partial charge in [-0.3, -0.25) is 19.3 Å². The molecule has 1 atom stereocenters. The fraction of sp³-hybridized carbons (Fsp3) is 0.478. The van der Waals surface area contributed by atoms with Crippen molar-refractivity contribution in [2.24, 2.45) is 5.92 Å². The lowest BCUT2D eigenvalue weighted by molar-refractivity contribution is -0.132. The fourth-order valence-electron chi connectivity index (χ4n) is 4.33. The van der Waals surface area contributed by atoms with Crippen LogP contribution in [0.3, 0.4) is 0 Å². The maximum Gasteiger partial charge on any atom is 0.231 e. The Bertz CT molecular complexity index is 1070. The molecule has 5 rings (SSSR count). The summed E-state index contributed by atoms with van der Waals surface area (Å²) in [4.78, 5) is 45.0. The molecule has 3 amide bonds. The number of piperazine rings is 1. The number of carbonyl (C=O) groups is 3. The fourth-order valence-corrected chi connectivity index (χ4v) is 5.04. The molecule has 2 aromatic rings. The molecule has 0 spiro atoms. The number of aromatic nitrogens is 1. The molecule has 0 aliphatic carbocycles. The summed E-state index contributed by atoms with van der Waals surface area (Å²) in [5.41, 5.74) is 1.82. The number of benzene rings is 1. The Labute approximate surface area is 201 Å². The van der Waals surface area contributed by atoms with E-state index in [4.69, 9.17) is 9.47 Å². The molecule has 180 valence electrons. The van der Waals surface area contributed by atoms with Gasteiger partial charge in [-0.2, -0.15) is 0 Å². The van der Waals surface area contributed by atoms with Gasteiger partial charge in [0.05, 0.1) is 18.0 Å². The van der Waals surface area contributed by atoms with E-state index in [2.05, 4.69) is 20.5 Å². The highest BCUT2D eigenvalue weighted by atomic mass is 32.1. The number of hydrogen-bond donors (Lipinski definition) is 2. The summed E-state index contributed by atoms with van der Waals surface area (Å²) in [6.45, 7) is 4.37. The number of hydrogen-bond acceptors (Lipinski definition) is 8. The molecule has 1 aromatic carbocycles. The van der Waals surface area contributed by atoms with Gasteiger partial charge in [-0.05, 0) is 24.1 Å². The topological polar surface area (TPSA) is 113 Å². The van der Waals surface area contributed by atoms with Crippen LogP contribution in [-0.2, 0) is 27.3 Å². The molecule has 4 heterocycles. The molecular weight excluding hydrogens is 458 g/mol. The third-order valence-corrected chi connectivity index (χ3v) is 7.13. The second-order valence-electron chi connectivity index (χ2n) is 8.69. The van der Waals surface area contributed by atoms with Crippen molar-refractivity contribution in [1.29, 1.82) is 0 Å². The Morgan fingerprint density at radius 3 is 2.79 bits per heavy atom. The van der Waals surface area contributed by atoms with E-state index < -0.39 is 0 Å². The van der Waals surface area contributed by atoms with Crippen LogP contribution in [0.2, 0.25) is 0 Å². The lowest BCUT2D eigenvalue weighted by Gasteiger charge is -2.34. The third kappa shape index (κ3) is 5.31. The van der Waals surface area contributed by atoms with Crippen molar-refractivity contribution in [2.45, 2.75) is 25.8 Å². The lowest BCUT2D eigenvalue weighted by atomic mass is 9.98. The summed E-state index contributed by atoms with van der Waals surface area (Å²) < 4.78 is 10.8. The zero-order chi connectivity index (χ0) is 23.5.